The number of morpholine rings is 1. The number of hydrogen-bond acceptors (Lipinski definition) is 3. The van der Waals surface area contributed by atoms with Crippen molar-refractivity contribution in [1.29, 1.82) is 0 Å². The molecule has 0 atom stereocenters. The van der Waals surface area contributed by atoms with E-state index in [9.17, 15) is 14.0 Å². The van der Waals surface area contributed by atoms with Crippen molar-refractivity contribution >= 4 is 22.7 Å². The average Bonchev–Trinajstić information content (AvgIpc) is 2.86. The number of amides is 1. The topological polar surface area (TPSA) is 51.5 Å². The number of aromatic nitrogens is 1. The van der Waals surface area contributed by atoms with E-state index in [1.807, 2.05) is 0 Å². The summed E-state index contributed by atoms with van der Waals surface area (Å²) in [5.74, 6) is -0.846. The molecule has 0 spiro atoms. The van der Waals surface area contributed by atoms with Gasteiger partial charge in [-0.3, -0.25) is 14.2 Å². The summed E-state index contributed by atoms with van der Waals surface area (Å²) in [6.07, 6.45) is 1.49. The first-order chi connectivity index (χ1) is 10.1. The number of nitrogens with zero attached hydrogens (tertiary/aromatic N) is 2. The van der Waals surface area contributed by atoms with Gasteiger partial charge in [0.1, 0.15) is 5.82 Å². The lowest BCUT2D eigenvalue weighted by Gasteiger charge is -2.26. The van der Waals surface area contributed by atoms with E-state index in [1.165, 1.54) is 35.9 Å². The van der Waals surface area contributed by atoms with Crippen LogP contribution in [0.15, 0.2) is 24.4 Å². The minimum atomic E-state index is -0.431. The third kappa shape index (κ3) is 2.42. The summed E-state index contributed by atoms with van der Waals surface area (Å²) in [6.45, 7) is 3.39. The molecular weight excluding hydrogens is 275 g/mol. The van der Waals surface area contributed by atoms with Crippen LogP contribution in [-0.2, 0) is 4.74 Å². The maximum Gasteiger partial charge on any atom is 0.256 e. The van der Waals surface area contributed by atoms with Crippen LogP contribution in [0.25, 0.3) is 10.9 Å². The van der Waals surface area contributed by atoms with Crippen LogP contribution in [0.4, 0.5) is 4.39 Å². The molecule has 1 saturated heterocycles. The van der Waals surface area contributed by atoms with E-state index in [4.69, 9.17) is 4.74 Å². The lowest BCUT2D eigenvalue weighted by molar-refractivity contribution is 0.0304. The highest BCUT2D eigenvalue weighted by Gasteiger charge is 2.23. The zero-order chi connectivity index (χ0) is 15.0. The summed E-state index contributed by atoms with van der Waals surface area (Å²) in [5.41, 5.74) is 0.891. The second-order valence-electron chi connectivity index (χ2n) is 5.00. The van der Waals surface area contributed by atoms with E-state index in [0.717, 1.165) is 0 Å². The van der Waals surface area contributed by atoms with E-state index in [1.54, 1.807) is 4.90 Å². The van der Waals surface area contributed by atoms with Gasteiger partial charge in [0.15, 0.2) is 0 Å². The molecule has 1 amide bonds. The zero-order valence-electron chi connectivity index (χ0n) is 11.6. The summed E-state index contributed by atoms with van der Waals surface area (Å²) in [4.78, 5) is 25.9. The van der Waals surface area contributed by atoms with Gasteiger partial charge >= 0.3 is 0 Å². The molecule has 1 aromatic heterocycles. The maximum atomic E-state index is 13.5. The van der Waals surface area contributed by atoms with Crippen molar-refractivity contribution in [3.63, 3.8) is 0 Å². The summed E-state index contributed by atoms with van der Waals surface area (Å²) >= 11 is 0. The van der Waals surface area contributed by atoms with Gasteiger partial charge in [0.25, 0.3) is 5.91 Å². The number of carbonyl (C=O) groups excluding carboxylic acids is 2. The van der Waals surface area contributed by atoms with E-state index in [0.29, 0.717) is 42.8 Å². The number of ether oxygens (including phenoxy) is 1. The molecule has 2 aromatic rings. The fourth-order valence-corrected chi connectivity index (χ4v) is 2.57. The first-order valence-electron chi connectivity index (χ1n) is 6.76. The molecule has 0 aliphatic carbocycles. The van der Waals surface area contributed by atoms with Gasteiger partial charge < -0.3 is 9.64 Å². The van der Waals surface area contributed by atoms with E-state index < -0.39 is 5.82 Å². The molecular formula is C15H15FN2O3. The third-order valence-electron chi connectivity index (χ3n) is 3.63. The highest BCUT2D eigenvalue weighted by Crippen LogP contribution is 2.24. The Morgan fingerprint density at radius 3 is 2.62 bits per heavy atom. The number of rotatable bonds is 1. The summed E-state index contributed by atoms with van der Waals surface area (Å²) in [5, 5.41) is 0.460. The van der Waals surface area contributed by atoms with Crippen molar-refractivity contribution < 1.29 is 18.7 Å². The molecule has 0 N–H and O–H groups in total. The quantitative estimate of drug-likeness (QED) is 0.806. The molecule has 3 rings (SSSR count). The molecule has 6 heteroatoms. The van der Waals surface area contributed by atoms with Gasteiger partial charge in [0, 0.05) is 31.6 Å². The Bertz CT molecular complexity index is 717. The number of fused-ring (bicyclic) bond motifs is 1. The predicted molar refractivity (Wildman–Crippen MR) is 74.9 cm³/mol. The first-order valence-corrected chi connectivity index (χ1v) is 6.76. The number of hydrogen-bond donors (Lipinski definition) is 0. The highest BCUT2D eigenvalue weighted by molar-refractivity contribution is 6.09. The Morgan fingerprint density at radius 1 is 1.24 bits per heavy atom. The molecule has 0 saturated carbocycles. The second-order valence-corrected chi connectivity index (χ2v) is 5.00. The lowest BCUT2D eigenvalue weighted by Crippen LogP contribution is -2.40. The highest BCUT2D eigenvalue weighted by atomic mass is 19.1. The largest absolute Gasteiger partial charge is 0.378 e. The lowest BCUT2D eigenvalue weighted by atomic mass is 10.1. The monoisotopic (exact) mass is 290 g/mol. The third-order valence-corrected chi connectivity index (χ3v) is 3.63. The van der Waals surface area contributed by atoms with Crippen LogP contribution in [0.2, 0.25) is 0 Å². The fraction of sp³-hybridized carbons (Fsp3) is 0.333. The van der Waals surface area contributed by atoms with Crippen LogP contribution >= 0.6 is 0 Å². The van der Waals surface area contributed by atoms with E-state index >= 15 is 0 Å². The fourth-order valence-electron chi connectivity index (χ4n) is 2.57. The van der Waals surface area contributed by atoms with Gasteiger partial charge in [-0.25, -0.2) is 4.39 Å². The minimum Gasteiger partial charge on any atom is -0.378 e. The molecule has 0 unspecified atom stereocenters. The molecule has 5 nitrogen and oxygen atoms in total. The van der Waals surface area contributed by atoms with Gasteiger partial charge in [0.2, 0.25) is 5.91 Å². The van der Waals surface area contributed by atoms with Crippen LogP contribution in [-0.4, -0.2) is 47.6 Å². The molecule has 0 radical (unpaired) electrons. The normalized spacial score (nSPS) is 15.4. The van der Waals surface area contributed by atoms with Crippen molar-refractivity contribution in [2.75, 3.05) is 26.3 Å². The van der Waals surface area contributed by atoms with Gasteiger partial charge in [0.05, 0.1) is 24.3 Å². The molecule has 1 aliphatic heterocycles. The van der Waals surface area contributed by atoms with Gasteiger partial charge in [-0.05, 0) is 18.2 Å². The summed E-state index contributed by atoms with van der Waals surface area (Å²) in [7, 11) is 0. The molecule has 0 bridgehead atoms. The molecule has 1 fully saturated rings. The van der Waals surface area contributed by atoms with Crippen molar-refractivity contribution in [3.8, 4) is 0 Å². The SMILES string of the molecule is CC(=O)n1cc(C(=O)N2CCOCC2)c2cc(F)ccc21. The van der Waals surface area contributed by atoms with E-state index in [-0.39, 0.29) is 11.8 Å². The van der Waals surface area contributed by atoms with Crippen LogP contribution in [0.3, 0.4) is 0 Å². The molecule has 2 heterocycles. The molecule has 1 aromatic carbocycles. The maximum absolute atomic E-state index is 13.5. The second kappa shape index (κ2) is 5.29. The Hall–Kier alpha value is -2.21. The minimum absolute atomic E-state index is 0.200. The summed E-state index contributed by atoms with van der Waals surface area (Å²) in [6, 6.07) is 4.09. The van der Waals surface area contributed by atoms with Crippen molar-refractivity contribution in [3.05, 3.63) is 35.8 Å². The molecule has 21 heavy (non-hydrogen) atoms. The molecule has 110 valence electrons. The smallest absolute Gasteiger partial charge is 0.256 e. The Morgan fingerprint density at radius 2 is 1.95 bits per heavy atom. The van der Waals surface area contributed by atoms with Gasteiger partial charge in [-0.2, -0.15) is 0 Å². The van der Waals surface area contributed by atoms with Crippen LogP contribution < -0.4 is 0 Å². The van der Waals surface area contributed by atoms with Gasteiger partial charge in [-0.1, -0.05) is 0 Å². The molecule has 1 aliphatic rings. The predicted octanol–water partition coefficient (Wildman–Crippen LogP) is 1.91. The van der Waals surface area contributed by atoms with Crippen LogP contribution in [0.1, 0.15) is 22.1 Å². The van der Waals surface area contributed by atoms with Crippen molar-refractivity contribution in [1.82, 2.24) is 9.47 Å². The Kier molecular flexibility index (Phi) is 3.47. The van der Waals surface area contributed by atoms with E-state index in [2.05, 4.69) is 0 Å². The van der Waals surface area contributed by atoms with Crippen LogP contribution in [0.5, 0.6) is 0 Å². The standard InChI is InChI=1S/C15H15FN2O3/c1-10(19)18-9-13(12-8-11(16)2-3-14(12)18)15(20)17-4-6-21-7-5-17/h2-3,8-9H,4-7H2,1H3. The zero-order valence-corrected chi connectivity index (χ0v) is 11.6. The number of halogens is 1. The van der Waals surface area contributed by atoms with Crippen LogP contribution in [0, 0.1) is 5.82 Å². The summed E-state index contributed by atoms with van der Waals surface area (Å²) < 4.78 is 20.1. The van der Waals surface area contributed by atoms with Gasteiger partial charge in [-0.15, -0.1) is 0 Å². The Balaban J connectivity index is 2.10. The number of carbonyl (C=O) groups is 2. The van der Waals surface area contributed by atoms with Crippen molar-refractivity contribution in [2.45, 2.75) is 6.92 Å². The first kappa shape index (κ1) is 13.8. The average molecular weight is 290 g/mol. The number of benzene rings is 1. The van der Waals surface area contributed by atoms with Crippen molar-refractivity contribution in [2.24, 2.45) is 0 Å². The Labute approximate surface area is 120 Å².